The van der Waals surface area contributed by atoms with Gasteiger partial charge in [-0.2, -0.15) is 0 Å². The van der Waals surface area contributed by atoms with Crippen LogP contribution in [0.25, 0.3) is 0 Å². The van der Waals surface area contributed by atoms with E-state index in [9.17, 15) is 9.59 Å². The molecular formula is C20H24N4O3S. The molecule has 3 aliphatic heterocycles. The second-order valence-electron chi connectivity index (χ2n) is 7.41. The van der Waals surface area contributed by atoms with Crippen LogP contribution >= 0.6 is 11.8 Å². The molecule has 5 rings (SSSR count). The van der Waals surface area contributed by atoms with Gasteiger partial charge in [0.1, 0.15) is 0 Å². The molecule has 1 aromatic carbocycles. The third-order valence-electron chi connectivity index (χ3n) is 5.58. The third kappa shape index (κ3) is 4.07. The number of fused-ring (bicyclic) bond motifs is 3. The summed E-state index contributed by atoms with van der Waals surface area (Å²) in [6.45, 7) is 5.92. The zero-order chi connectivity index (χ0) is 19.7. The molecule has 3 saturated heterocycles. The number of aromatic nitrogens is 1. The van der Waals surface area contributed by atoms with Crippen LogP contribution in [0.1, 0.15) is 37.0 Å². The zero-order valence-corrected chi connectivity index (χ0v) is 16.8. The predicted molar refractivity (Wildman–Crippen MR) is 106 cm³/mol. The molecule has 1 aromatic heterocycles. The van der Waals surface area contributed by atoms with Crippen LogP contribution in [0, 0.1) is 5.92 Å². The molecule has 2 unspecified atom stereocenters. The Labute approximate surface area is 168 Å². The first-order valence-corrected chi connectivity index (χ1v) is 10.4. The summed E-state index contributed by atoms with van der Waals surface area (Å²) in [6.07, 6.45) is 3.81. The van der Waals surface area contributed by atoms with Crippen LogP contribution in [0.15, 0.2) is 45.0 Å². The fourth-order valence-electron chi connectivity index (χ4n) is 4.09. The Kier molecular flexibility index (Phi) is 5.41. The van der Waals surface area contributed by atoms with E-state index in [0.29, 0.717) is 28.6 Å². The first-order valence-electron chi connectivity index (χ1n) is 9.56. The van der Waals surface area contributed by atoms with Crippen molar-refractivity contribution in [1.29, 1.82) is 0 Å². The van der Waals surface area contributed by atoms with Crippen molar-refractivity contribution in [3.8, 4) is 0 Å². The first-order chi connectivity index (χ1) is 13.5. The summed E-state index contributed by atoms with van der Waals surface area (Å²) in [5.74, 6) is 0.672. The van der Waals surface area contributed by atoms with E-state index < -0.39 is 0 Å². The van der Waals surface area contributed by atoms with Crippen molar-refractivity contribution in [3.63, 3.8) is 0 Å². The molecule has 0 radical (unpaired) electrons. The molecular weight excluding hydrogens is 376 g/mol. The summed E-state index contributed by atoms with van der Waals surface area (Å²) >= 11 is 1.33. The molecule has 0 spiro atoms. The van der Waals surface area contributed by atoms with Crippen molar-refractivity contribution in [3.05, 3.63) is 36.0 Å². The van der Waals surface area contributed by atoms with Gasteiger partial charge in [0.25, 0.3) is 11.1 Å². The van der Waals surface area contributed by atoms with Crippen LogP contribution in [-0.2, 0) is 4.79 Å². The van der Waals surface area contributed by atoms with Gasteiger partial charge in [0.2, 0.25) is 11.8 Å². The summed E-state index contributed by atoms with van der Waals surface area (Å²) in [5, 5.41) is 6.23. The molecule has 2 amide bonds. The molecule has 148 valence electrons. The van der Waals surface area contributed by atoms with E-state index in [1.54, 1.807) is 0 Å². The fourth-order valence-corrected chi connectivity index (χ4v) is 4.80. The van der Waals surface area contributed by atoms with Crippen molar-refractivity contribution in [1.82, 2.24) is 15.2 Å². The van der Waals surface area contributed by atoms with Crippen molar-refractivity contribution < 1.29 is 14.0 Å². The van der Waals surface area contributed by atoms with Crippen LogP contribution in [-0.4, -0.2) is 46.9 Å². The monoisotopic (exact) mass is 400 g/mol. The molecule has 2 bridgehead atoms. The van der Waals surface area contributed by atoms with Gasteiger partial charge in [0.15, 0.2) is 0 Å². The number of amides is 2. The van der Waals surface area contributed by atoms with Crippen LogP contribution in [0.4, 0.5) is 5.88 Å². The summed E-state index contributed by atoms with van der Waals surface area (Å²) in [7, 11) is 0. The quantitative estimate of drug-likeness (QED) is 0.802. The fraction of sp³-hybridized carbons (Fsp3) is 0.450. The number of hydrogen-bond donors (Lipinski definition) is 2. The summed E-state index contributed by atoms with van der Waals surface area (Å²) in [6, 6.07) is 8.02. The van der Waals surface area contributed by atoms with Gasteiger partial charge in [-0.15, -0.1) is 0 Å². The van der Waals surface area contributed by atoms with Crippen molar-refractivity contribution in [2.45, 2.75) is 48.9 Å². The van der Waals surface area contributed by atoms with Crippen LogP contribution < -0.4 is 10.6 Å². The average molecular weight is 401 g/mol. The van der Waals surface area contributed by atoms with Gasteiger partial charge in [0, 0.05) is 29.5 Å². The number of rotatable bonds is 5. The SMILES string of the molecule is CC(=O)Nc1cnc(Sc2ccc(C(=O)NC3C4CCN(CC4)C3C)cc2)o1. The lowest BCUT2D eigenvalue weighted by molar-refractivity contribution is -0.114. The molecule has 28 heavy (non-hydrogen) atoms. The predicted octanol–water partition coefficient (Wildman–Crippen LogP) is 3.00. The minimum Gasteiger partial charge on any atom is -0.415 e. The maximum absolute atomic E-state index is 12.7. The van der Waals surface area contributed by atoms with Crippen molar-refractivity contribution in [2.24, 2.45) is 5.92 Å². The van der Waals surface area contributed by atoms with Crippen molar-refractivity contribution in [2.75, 3.05) is 18.4 Å². The number of nitrogens with zero attached hydrogens (tertiary/aromatic N) is 2. The van der Waals surface area contributed by atoms with Gasteiger partial charge >= 0.3 is 0 Å². The van der Waals surface area contributed by atoms with E-state index >= 15 is 0 Å². The van der Waals surface area contributed by atoms with E-state index in [1.807, 2.05) is 24.3 Å². The maximum atomic E-state index is 12.7. The molecule has 0 aliphatic carbocycles. The summed E-state index contributed by atoms with van der Waals surface area (Å²) in [5.41, 5.74) is 0.652. The number of nitrogens with one attached hydrogen (secondary N) is 2. The normalized spacial score (nSPS) is 26.1. The number of benzene rings is 1. The molecule has 2 aromatic rings. The second kappa shape index (κ2) is 7.97. The smallest absolute Gasteiger partial charge is 0.262 e. The van der Waals surface area contributed by atoms with Crippen LogP contribution in [0.2, 0.25) is 0 Å². The van der Waals surface area contributed by atoms with E-state index in [-0.39, 0.29) is 17.9 Å². The van der Waals surface area contributed by atoms with E-state index in [0.717, 1.165) is 18.0 Å². The summed E-state index contributed by atoms with van der Waals surface area (Å²) < 4.78 is 5.45. The minimum atomic E-state index is -0.208. The second-order valence-corrected chi connectivity index (χ2v) is 8.44. The largest absolute Gasteiger partial charge is 0.415 e. The van der Waals surface area contributed by atoms with Gasteiger partial charge in [-0.25, -0.2) is 4.98 Å². The van der Waals surface area contributed by atoms with Crippen LogP contribution in [0.5, 0.6) is 0 Å². The highest BCUT2D eigenvalue weighted by molar-refractivity contribution is 7.99. The lowest BCUT2D eigenvalue weighted by atomic mass is 9.79. The Hall–Kier alpha value is -2.32. The minimum absolute atomic E-state index is 0.0220. The highest BCUT2D eigenvalue weighted by Crippen LogP contribution is 2.32. The molecule has 3 aliphatic rings. The molecule has 4 heterocycles. The van der Waals surface area contributed by atoms with Crippen molar-refractivity contribution >= 4 is 29.5 Å². The Morgan fingerprint density at radius 2 is 1.93 bits per heavy atom. The number of carbonyl (C=O) groups excluding carboxylic acids is 2. The third-order valence-corrected chi connectivity index (χ3v) is 6.45. The number of hydrogen-bond acceptors (Lipinski definition) is 6. The Bertz CT molecular complexity index is 857. The molecule has 3 fully saturated rings. The van der Waals surface area contributed by atoms with Gasteiger partial charge in [-0.05, 0) is 74.8 Å². The zero-order valence-electron chi connectivity index (χ0n) is 16.0. The van der Waals surface area contributed by atoms with Gasteiger partial charge < -0.3 is 9.73 Å². The highest BCUT2D eigenvalue weighted by atomic mass is 32.2. The molecule has 7 nitrogen and oxygen atoms in total. The Morgan fingerprint density at radius 1 is 1.21 bits per heavy atom. The van der Waals surface area contributed by atoms with E-state index in [1.165, 1.54) is 37.7 Å². The Balaban J connectivity index is 1.37. The molecule has 2 N–H and O–H groups in total. The number of carbonyl (C=O) groups is 2. The lowest BCUT2D eigenvalue weighted by Crippen LogP contribution is -2.62. The standard InChI is InChI=1S/C20H24N4O3S/c1-12-18(14-7-9-24(12)10-8-14)23-19(26)15-3-5-16(6-4-15)28-20-21-11-17(27-20)22-13(2)25/h3-6,11-12,14,18H,7-10H2,1-2H3,(H,22,25)(H,23,26). The van der Waals surface area contributed by atoms with Gasteiger partial charge in [0.05, 0.1) is 6.20 Å². The molecule has 2 atom stereocenters. The first kappa shape index (κ1) is 19.0. The Morgan fingerprint density at radius 3 is 2.57 bits per heavy atom. The van der Waals surface area contributed by atoms with E-state index in [2.05, 4.69) is 27.4 Å². The average Bonchev–Trinajstić information content (AvgIpc) is 3.11. The summed E-state index contributed by atoms with van der Waals surface area (Å²) in [4.78, 5) is 31.2. The topological polar surface area (TPSA) is 87.5 Å². The van der Waals surface area contributed by atoms with Gasteiger partial charge in [-0.3, -0.25) is 19.8 Å². The highest BCUT2D eigenvalue weighted by Gasteiger charge is 2.40. The van der Waals surface area contributed by atoms with Gasteiger partial charge in [-0.1, -0.05) is 0 Å². The number of piperidine rings is 3. The molecule has 8 heteroatoms. The number of anilines is 1. The van der Waals surface area contributed by atoms with Crippen LogP contribution in [0.3, 0.4) is 0 Å². The molecule has 0 saturated carbocycles. The maximum Gasteiger partial charge on any atom is 0.262 e. The van der Waals surface area contributed by atoms with E-state index in [4.69, 9.17) is 4.42 Å². The number of oxazole rings is 1. The lowest BCUT2D eigenvalue weighted by Gasteiger charge is -2.49.